The first-order chi connectivity index (χ1) is 9.95. The normalized spacial score (nSPS) is 19.0. The molecule has 1 aliphatic carbocycles. The van der Waals surface area contributed by atoms with Gasteiger partial charge in [-0.15, -0.1) is 0 Å². The molecule has 2 rings (SSSR count). The minimum absolute atomic E-state index is 0.111. The Kier molecular flexibility index (Phi) is 5.27. The fourth-order valence-corrected chi connectivity index (χ4v) is 3.66. The molecule has 1 aromatic rings. The quantitative estimate of drug-likeness (QED) is 0.820. The number of hydrogen-bond donors (Lipinski definition) is 2. The zero-order valence-corrected chi connectivity index (χ0v) is 13.5. The Morgan fingerprint density at radius 1 is 1.10 bits per heavy atom. The Balaban J connectivity index is 1.97. The van der Waals surface area contributed by atoms with Crippen LogP contribution in [0.3, 0.4) is 0 Å². The van der Waals surface area contributed by atoms with Crippen molar-refractivity contribution in [2.45, 2.75) is 55.9 Å². The minimum atomic E-state index is -3.14. The van der Waals surface area contributed by atoms with Gasteiger partial charge >= 0.3 is 0 Å². The summed E-state index contributed by atoms with van der Waals surface area (Å²) in [7, 11) is -3.14. The van der Waals surface area contributed by atoms with Crippen molar-refractivity contribution >= 4 is 15.5 Å². The lowest BCUT2D eigenvalue weighted by molar-refractivity contribution is 0.0381. The van der Waals surface area contributed by atoms with Gasteiger partial charge in [-0.1, -0.05) is 32.6 Å². The number of rotatable bonds is 5. The Hall–Kier alpha value is -1.07. The van der Waals surface area contributed by atoms with E-state index in [1.165, 1.54) is 12.8 Å². The summed E-state index contributed by atoms with van der Waals surface area (Å²) in [6.45, 7) is 2.16. The third-order valence-corrected chi connectivity index (χ3v) is 6.00. The fourth-order valence-electron chi connectivity index (χ4n) is 2.78. The van der Waals surface area contributed by atoms with Gasteiger partial charge in [-0.3, -0.25) is 0 Å². The molecule has 5 heteroatoms. The molecular weight excluding hydrogens is 286 g/mol. The molecular formula is C16H25NO3S. The van der Waals surface area contributed by atoms with Crippen LogP contribution in [-0.4, -0.2) is 31.4 Å². The smallest absolute Gasteiger partial charge is 0.178 e. The number of benzene rings is 1. The maximum absolute atomic E-state index is 11.7. The van der Waals surface area contributed by atoms with E-state index in [-0.39, 0.29) is 5.75 Å². The van der Waals surface area contributed by atoms with Gasteiger partial charge < -0.3 is 10.4 Å². The van der Waals surface area contributed by atoms with Crippen molar-refractivity contribution in [2.24, 2.45) is 0 Å². The summed E-state index contributed by atoms with van der Waals surface area (Å²) >= 11 is 0. The maximum atomic E-state index is 11.7. The van der Waals surface area contributed by atoms with E-state index in [0.717, 1.165) is 31.4 Å². The average Bonchev–Trinajstić information content (AvgIpc) is 2.71. The lowest BCUT2D eigenvalue weighted by atomic mass is 9.94. The van der Waals surface area contributed by atoms with Gasteiger partial charge in [0.2, 0.25) is 0 Å². The molecule has 0 aromatic heterocycles. The summed E-state index contributed by atoms with van der Waals surface area (Å²) < 4.78 is 23.5. The summed E-state index contributed by atoms with van der Waals surface area (Å²) in [6.07, 6.45) is 6.22. The first kappa shape index (κ1) is 16.3. The first-order valence-corrected chi connectivity index (χ1v) is 9.39. The first-order valence-electron chi connectivity index (χ1n) is 7.74. The summed E-state index contributed by atoms with van der Waals surface area (Å²) in [5.74, 6) is 0.111. The van der Waals surface area contributed by atoms with Crippen LogP contribution in [-0.2, 0) is 9.84 Å². The van der Waals surface area contributed by atoms with Crippen LogP contribution in [0.2, 0.25) is 0 Å². The average molecular weight is 311 g/mol. The maximum Gasteiger partial charge on any atom is 0.178 e. The highest BCUT2D eigenvalue weighted by Crippen LogP contribution is 2.27. The number of sulfone groups is 1. The van der Waals surface area contributed by atoms with E-state index in [0.29, 0.717) is 11.4 Å². The second-order valence-electron chi connectivity index (χ2n) is 5.92. The van der Waals surface area contributed by atoms with Crippen molar-refractivity contribution in [3.05, 3.63) is 24.3 Å². The monoisotopic (exact) mass is 311 g/mol. The summed E-state index contributed by atoms with van der Waals surface area (Å²) in [5.41, 5.74) is 0.215. The molecule has 1 fully saturated rings. The molecule has 0 aliphatic heterocycles. The molecule has 0 saturated heterocycles. The van der Waals surface area contributed by atoms with Crippen molar-refractivity contribution in [1.82, 2.24) is 0 Å². The molecule has 0 bridgehead atoms. The van der Waals surface area contributed by atoms with Crippen LogP contribution in [0.1, 0.15) is 45.4 Å². The molecule has 21 heavy (non-hydrogen) atoms. The van der Waals surface area contributed by atoms with Gasteiger partial charge in [-0.05, 0) is 37.1 Å². The number of nitrogens with one attached hydrogen (secondary N) is 1. The number of aliphatic hydroxyl groups is 1. The van der Waals surface area contributed by atoms with Crippen LogP contribution >= 0.6 is 0 Å². The molecule has 1 aliphatic rings. The van der Waals surface area contributed by atoms with Crippen LogP contribution < -0.4 is 5.32 Å². The summed E-state index contributed by atoms with van der Waals surface area (Å²) in [6, 6.07) is 6.78. The largest absolute Gasteiger partial charge is 0.388 e. The molecule has 0 unspecified atom stereocenters. The van der Waals surface area contributed by atoms with Crippen molar-refractivity contribution in [1.29, 1.82) is 0 Å². The van der Waals surface area contributed by atoms with E-state index in [2.05, 4.69) is 5.32 Å². The highest BCUT2D eigenvalue weighted by Gasteiger charge is 2.27. The minimum Gasteiger partial charge on any atom is -0.388 e. The SMILES string of the molecule is CCS(=O)(=O)c1ccc(NCC2(O)CCCCCC2)cc1. The van der Waals surface area contributed by atoms with Gasteiger partial charge in [-0.2, -0.15) is 0 Å². The fraction of sp³-hybridized carbons (Fsp3) is 0.625. The van der Waals surface area contributed by atoms with Crippen LogP contribution in [0.15, 0.2) is 29.2 Å². The van der Waals surface area contributed by atoms with Gasteiger partial charge in [0.05, 0.1) is 16.2 Å². The van der Waals surface area contributed by atoms with Gasteiger partial charge in [0.25, 0.3) is 0 Å². The summed E-state index contributed by atoms with van der Waals surface area (Å²) in [5, 5.41) is 13.8. The lowest BCUT2D eigenvalue weighted by Crippen LogP contribution is -2.36. The van der Waals surface area contributed by atoms with Crippen LogP contribution in [0.25, 0.3) is 0 Å². The van der Waals surface area contributed by atoms with E-state index in [1.807, 2.05) is 0 Å². The van der Waals surface area contributed by atoms with Crippen LogP contribution in [0, 0.1) is 0 Å². The van der Waals surface area contributed by atoms with Crippen molar-refractivity contribution in [3.8, 4) is 0 Å². The second kappa shape index (κ2) is 6.79. The van der Waals surface area contributed by atoms with Gasteiger partial charge in [-0.25, -0.2) is 8.42 Å². The standard InChI is InChI=1S/C16H25NO3S/c1-2-21(19,20)15-9-7-14(8-10-15)17-13-16(18)11-5-3-4-6-12-16/h7-10,17-18H,2-6,11-13H2,1H3. The van der Waals surface area contributed by atoms with Gasteiger partial charge in [0.15, 0.2) is 9.84 Å². The highest BCUT2D eigenvalue weighted by atomic mass is 32.2. The van der Waals surface area contributed by atoms with Crippen molar-refractivity contribution in [3.63, 3.8) is 0 Å². The molecule has 4 nitrogen and oxygen atoms in total. The highest BCUT2D eigenvalue weighted by molar-refractivity contribution is 7.91. The van der Waals surface area contributed by atoms with E-state index in [1.54, 1.807) is 31.2 Å². The topological polar surface area (TPSA) is 66.4 Å². The molecule has 0 radical (unpaired) electrons. The lowest BCUT2D eigenvalue weighted by Gasteiger charge is -2.27. The Bertz CT molecular complexity index is 543. The Morgan fingerprint density at radius 3 is 2.19 bits per heavy atom. The van der Waals surface area contributed by atoms with E-state index >= 15 is 0 Å². The molecule has 118 valence electrons. The van der Waals surface area contributed by atoms with Gasteiger partial charge in [0.1, 0.15) is 0 Å². The zero-order chi connectivity index (χ0) is 15.3. The van der Waals surface area contributed by atoms with E-state index in [4.69, 9.17) is 0 Å². The molecule has 0 atom stereocenters. The third kappa shape index (κ3) is 4.45. The number of hydrogen-bond acceptors (Lipinski definition) is 4. The van der Waals surface area contributed by atoms with Crippen molar-refractivity contribution in [2.75, 3.05) is 17.6 Å². The predicted molar refractivity (Wildman–Crippen MR) is 85.3 cm³/mol. The Labute approximate surface area is 127 Å². The molecule has 0 spiro atoms. The predicted octanol–water partition coefficient (Wildman–Crippen LogP) is 2.98. The van der Waals surface area contributed by atoms with E-state index < -0.39 is 15.4 Å². The third-order valence-electron chi connectivity index (χ3n) is 4.25. The second-order valence-corrected chi connectivity index (χ2v) is 8.20. The Morgan fingerprint density at radius 2 is 1.67 bits per heavy atom. The molecule has 2 N–H and O–H groups in total. The molecule has 1 aromatic carbocycles. The number of anilines is 1. The van der Waals surface area contributed by atoms with Crippen LogP contribution in [0.5, 0.6) is 0 Å². The molecule has 1 saturated carbocycles. The van der Waals surface area contributed by atoms with E-state index in [9.17, 15) is 13.5 Å². The molecule has 0 amide bonds. The van der Waals surface area contributed by atoms with Crippen LogP contribution in [0.4, 0.5) is 5.69 Å². The van der Waals surface area contributed by atoms with Crippen molar-refractivity contribution < 1.29 is 13.5 Å². The summed E-state index contributed by atoms with van der Waals surface area (Å²) in [4.78, 5) is 0.351. The molecule has 0 heterocycles. The zero-order valence-electron chi connectivity index (χ0n) is 12.6. The van der Waals surface area contributed by atoms with Gasteiger partial charge in [0, 0.05) is 12.2 Å².